The molecule has 5 nitrogen and oxygen atoms in total. The molecule has 0 spiro atoms. The molecule has 0 radical (unpaired) electrons. The van der Waals surface area contributed by atoms with Crippen molar-refractivity contribution in [1.82, 2.24) is 4.90 Å². The summed E-state index contributed by atoms with van der Waals surface area (Å²) in [6.07, 6.45) is 0.148. The van der Waals surface area contributed by atoms with Crippen LogP contribution in [0.25, 0.3) is 0 Å². The highest BCUT2D eigenvalue weighted by atomic mass is 19.1. The molecule has 1 aromatic rings. The van der Waals surface area contributed by atoms with Crippen molar-refractivity contribution in [2.75, 3.05) is 13.6 Å². The lowest BCUT2D eigenvalue weighted by molar-refractivity contribution is -0.385. The number of nitrogens with zero attached hydrogens (tertiary/aromatic N) is 2. The van der Waals surface area contributed by atoms with Gasteiger partial charge in [0.15, 0.2) is 0 Å². The lowest BCUT2D eigenvalue weighted by Gasteiger charge is -2.17. The van der Waals surface area contributed by atoms with Crippen molar-refractivity contribution >= 4 is 5.69 Å². The summed E-state index contributed by atoms with van der Waals surface area (Å²) in [7, 11) is 1.77. The van der Waals surface area contributed by atoms with Crippen LogP contribution in [0.2, 0.25) is 0 Å². The number of benzene rings is 1. The van der Waals surface area contributed by atoms with E-state index in [1.807, 2.05) is 4.90 Å². The first-order valence-electron chi connectivity index (χ1n) is 5.69. The Kier molecular flexibility index (Phi) is 5.18. The van der Waals surface area contributed by atoms with Crippen LogP contribution in [0.5, 0.6) is 0 Å². The topological polar surface area (TPSA) is 66.6 Å². The molecule has 0 aromatic heterocycles. The largest absolute Gasteiger partial charge is 0.393 e. The van der Waals surface area contributed by atoms with Crippen LogP contribution < -0.4 is 0 Å². The van der Waals surface area contributed by atoms with Crippen molar-refractivity contribution in [3.8, 4) is 0 Å². The molecule has 6 heteroatoms. The van der Waals surface area contributed by atoms with Gasteiger partial charge in [-0.3, -0.25) is 10.1 Å². The molecule has 0 aliphatic carbocycles. The highest BCUT2D eigenvalue weighted by molar-refractivity contribution is 5.40. The van der Waals surface area contributed by atoms with E-state index in [-0.39, 0.29) is 12.2 Å². The van der Waals surface area contributed by atoms with Gasteiger partial charge in [0.1, 0.15) is 5.82 Å². The van der Waals surface area contributed by atoms with Crippen molar-refractivity contribution in [1.29, 1.82) is 0 Å². The van der Waals surface area contributed by atoms with Crippen LogP contribution in [0.15, 0.2) is 18.2 Å². The van der Waals surface area contributed by atoms with Crippen LogP contribution >= 0.6 is 0 Å². The third-order valence-corrected chi connectivity index (χ3v) is 2.61. The van der Waals surface area contributed by atoms with Crippen LogP contribution in [0, 0.1) is 15.9 Å². The van der Waals surface area contributed by atoms with E-state index >= 15 is 0 Å². The van der Waals surface area contributed by atoms with Gasteiger partial charge in [-0.2, -0.15) is 0 Å². The maximum absolute atomic E-state index is 13.1. The molecule has 0 amide bonds. The van der Waals surface area contributed by atoms with Crippen LogP contribution in [-0.4, -0.2) is 34.6 Å². The fourth-order valence-electron chi connectivity index (χ4n) is 1.64. The Balaban J connectivity index is 2.76. The Morgan fingerprint density at radius 2 is 2.22 bits per heavy atom. The number of aliphatic hydroxyl groups excluding tert-OH is 1. The number of hydrogen-bond donors (Lipinski definition) is 1. The Bertz CT molecular complexity index is 424. The molecule has 18 heavy (non-hydrogen) atoms. The Labute approximate surface area is 105 Å². The Morgan fingerprint density at radius 3 is 2.78 bits per heavy atom. The zero-order valence-corrected chi connectivity index (χ0v) is 10.5. The number of halogens is 1. The smallest absolute Gasteiger partial charge is 0.274 e. The summed E-state index contributed by atoms with van der Waals surface area (Å²) in [5.41, 5.74) is 0.258. The number of nitro benzene ring substituents is 1. The minimum Gasteiger partial charge on any atom is -0.393 e. The number of aliphatic hydroxyl groups is 1. The molecule has 100 valence electrons. The summed E-state index contributed by atoms with van der Waals surface area (Å²) in [5.74, 6) is -0.487. The van der Waals surface area contributed by atoms with Gasteiger partial charge in [-0.15, -0.1) is 0 Å². The third kappa shape index (κ3) is 4.38. The molecule has 1 N–H and O–H groups in total. The highest BCUT2D eigenvalue weighted by Gasteiger charge is 2.15. The summed E-state index contributed by atoms with van der Waals surface area (Å²) in [6, 6.07) is 3.43. The SMILES string of the molecule is CC(O)CCN(C)Cc1cc(F)ccc1[N+](=O)[O-]. The first-order chi connectivity index (χ1) is 8.40. The standard InChI is InChI=1S/C12H17FN2O3/c1-9(16)5-6-14(2)8-10-7-11(13)3-4-12(10)15(17)18/h3-4,7,9,16H,5-6,8H2,1-2H3. The lowest BCUT2D eigenvalue weighted by atomic mass is 10.1. The second-order valence-corrected chi connectivity index (χ2v) is 4.41. The number of hydrogen-bond acceptors (Lipinski definition) is 4. The van der Waals surface area contributed by atoms with Gasteiger partial charge in [0.05, 0.1) is 11.0 Å². The van der Waals surface area contributed by atoms with Crippen molar-refractivity contribution < 1.29 is 14.4 Å². The summed E-state index contributed by atoms with van der Waals surface area (Å²) in [6.45, 7) is 2.55. The maximum Gasteiger partial charge on any atom is 0.274 e. The van der Waals surface area contributed by atoms with E-state index in [4.69, 9.17) is 5.11 Å². The summed E-state index contributed by atoms with van der Waals surface area (Å²) < 4.78 is 13.1. The summed E-state index contributed by atoms with van der Waals surface area (Å²) >= 11 is 0. The second-order valence-electron chi connectivity index (χ2n) is 4.41. The van der Waals surface area contributed by atoms with Crippen molar-refractivity contribution in [2.45, 2.75) is 26.0 Å². The summed E-state index contributed by atoms with van der Waals surface area (Å²) in [5, 5.41) is 20.0. The molecule has 1 atom stereocenters. The van der Waals surface area contributed by atoms with E-state index in [9.17, 15) is 14.5 Å². The first kappa shape index (κ1) is 14.5. The predicted molar refractivity (Wildman–Crippen MR) is 65.7 cm³/mol. The lowest BCUT2D eigenvalue weighted by Crippen LogP contribution is -2.22. The molecule has 0 saturated heterocycles. The predicted octanol–water partition coefficient (Wildman–Crippen LogP) is 1.94. The molecule has 0 aliphatic heterocycles. The number of nitro groups is 1. The van der Waals surface area contributed by atoms with Gasteiger partial charge in [0.25, 0.3) is 5.69 Å². The molecule has 0 heterocycles. The zero-order valence-electron chi connectivity index (χ0n) is 10.5. The van der Waals surface area contributed by atoms with Gasteiger partial charge >= 0.3 is 0 Å². The van der Waals surface area contributed by atoms with Crippen LogP contribution in [0.3, 0.4) is 0 Å². The van der Waals surface area contributed by atoms with Crippen molar-refractivity contribution in [2.24, 2.45) is 0 Å². The number of rotatable bonds is 6. The molecule has 0 saturated carbocycles. The van der Waals surface area contributed by atoms with E-state index in [0.29, 0.717) is 18.5 Å². The van der Waals surface area contributed by atoms with Crippen molar-refractivity contribution in [3.05, 3.63) is 39.7 Å². The first-order valence-corrected chi connectivity index (χ1v) is 5.69. The maximum atomic E-state index is 13.1. The highest BCUT2D eigenvalue weighted by Crippen LogP contribution is 2.20. The fraction of sp³-hybridized carbons (Fsp3) is 0.500. The van der Waals surface area contributed by atoms with Gasteiger partial charge in [-0.05, 0) is 32.5 Å². The molecular weight excluding hydrogens is 239 g/mol. The van der Waals surface area contributed by atoms with Gasteiger partial charge in [-0.1, -0.05) is 0 Å². The van der Waals surface area contributed by atoms with E-state index in [1.54, 1.807) is 14.0 Å². The Hall–Kier alpha value is -1.53. The minimum absolute atomic E-state index is 0.0831. The van der Waals surface area contributed by atoms with E-state index in [1.165, 1.54) is 12.1 Å². The molecule has 0 fully saturated rings. The van der Waals surface area contributed by atoms with E-state index in [0.717, 1.165) is 6.07 Å². The molecule has 0 aliphatic rings. The van der Waals surface area contributed by atoms with Crippen LogP contribution in [0.4, 0.5) is 10.1 Å². The van der Waals surface area contributed by atoms with Crippen LogP contribution in [0.1, 0.15) is 18.9 Å². The van der Waals surface area contributed by atoms with Crippen LogP contribution in [-0.2, 0) is 6.54 Å². The van der Waals surface area contributed by atoms with Gasteiger partial charge in [0, 0.05) is 24.7 Å². The molecule has 0 bridgehead atoms. The van der Waals surface area contributed by atoms with Crippen molar-refractivity contribution in [3.63, 3.8) is 0 Å². The third-order valence-electron chi connectivity index (χ3n) is 2.61. The average Bonchev–Trinajstić information content (AvgIpc) is 2.26. The normalized spacial score (nSPS) is 12.7. The monoisotopic (exact) mass is 256 g/mol. The molecular formula is C12H17FN2O3. The molecule has 1 rings (SSSR count). The second kappa shape index (κ2) is 6.42. The van der Waals surface area contributed by atoms with E-state index < -0.39 is 16.8 Å². The summed E-state index contributed by atoms with van der Waals surface area (Å²) in [4.78, 5) is 12.1. The quantitative estimate of drug-likeness (QED) is 0.624. The minimum atomic E-state index is -0.517. The average molecular weight is 256 g/mol. The van der Waals surface area contributed by atoms with Gasteiger partial charge in [-0.25, -0.2) is 4.39 Å². The Morgan fingerprint density at radius 1 is 1.56 bits per heavy atom. The molecule has 1 unspecified atom stereocenters. The van der Waals surface area contributed by atoms with Gasteiger partial charge in [0.2, 0.25) is 0 Å². The van der Waals surface area contributed by atoms with Gasteiger partial charge < -0.3 is 10.0 Å². The molecule has 1 aromatic carbocycles. The fourth-order valence-corrected chi connectivity index (χ4v) is 1.64. The van der Waals surface area contributed by atoms with E-state index in [2.05, 4.69) is 0 Å². The zero-order chi connectivity index (χ0) is 13.7.